The molecular formula is C17H19N3S. The van der Waals surface area contributed by atoms with Crippen molar-refractivity contribution >= 4 is 22.2 Å². The van der Waals surface area contributed by atoms with Crippen molar-refractivity contribution in [3.8, 4) is 0 Å². The molecule has 1 saturated carbocycles. The molecule has 1 unspecified atom stereocenters. The monoisotopic (exact) mass is 297 g/mol. The van der Waals surface area contributed by atoms with Gasteiger partial charge in [-0.05, 0) is 43.4 Å². The summed E-state index contributed by atoms with van der Waals surface area (Å²) in [6.07, 6.45) is 6.65. The smallest absolute Gasteiger partial charge is 0.110 e. The van der Waals surface area contributed by atoms with Crippen molar-refractivity contribution in [2.45, 2.75) is 32.4 Å². The summed E-state index contributed by atoms with van der Waals surface area (Å²) in [6, 6.07) is 9.03. The van der Waals surface area contributed by atoms with E-state index in [0.717, 1.165) is 12.5 Å². The molecule has 0 aliphatic heterocycles. The zero-order valence-electron chi connectivity index (χ0n) is 12.1. The molecule has 0 radical (unpaired) electrons. The van der Waals surface area contributed by atoms with Crippen LogP contribution in [0.1, 0.15) is 34.3 Å². The Morgan fingerprint density at radius 3 is 3.05 bits per heavy atom. The van der Waals surface area contributed by atoms with E-state index in [4.69, 9.17) is 0 Å². The predicted octanol–water partition coefficient (Wildman–Crippen LogP) is 4.17. The number of aryl methyl sites for hydroxylation is 1. The van der Waals surface area contributed by atoms with Crippen LogP contribution in [0.25, 0.3) is 10.9 Å². The van der Waals surface area contributed by atoms with Crippen LogP contribution in [-0.2, 0) is 6.54 Å². The number of H-pyrrole nitrogens is 1. The average molecular weight is 297 g/mol. The number of nitrogens with zero attached hydrogens (tertiary/aromatic N) is 1. The van der Waals surface area contributed by atoms with Gasteiger partial charge in [-0.2, -0.15) is 0 Å². The van der Waals surface area contributed by atoms with Crippen LogP contribution >= 0.6 is 11.3 Å². The number of rotatable bonds is 5. The van der Waals surface area contributed by atoms with Crippen LogP contribution in [0.5, 0.6) is 0 Å². The molecule has 1 aliphatic rings. The number of fused-ring (bicyclic) bond motifs is 1. The maximum atomic E-state index is 4.59. The van der Waals surface area contributed by atoms with Crippen LogP contribution in [0.4, 0.5) is 0 Å². The lowest BCUT2D eigenvalue weighted by Gasteiger charge is -2.16. The van der Waals surface area contributed by atoms with Crippen LogP contribution in [0.2, 0.25) is 0 Å². The Morgan fingerprint density at radius 1 is 1.38 bits per heavy atom. The Bertz CT molecular complexity index is 754. The molecule has 1 atom stereocenters. The average Bonchev–Trinajstić information content (AvgIpc) is 3.04. The van der Waals surface area contributed by atoms with Gasteiger partial charge in [0.05, 0.1) is 6.04 Å². The van der Waals surface area contributed by atoms with Gasteiger partial charge in [-0.15, -0.1) is 11.3 Å². The Hall–Kier alpha value is -1.65. The van der Waals surface area contributed by atoms with E-state index < -0.39 is 0 Å². The first-order valence-corrected chi connectivity index (χ1v) is 8.33. The third kappa shape index (κ3) is 2.61. The van der Waals surface area contributed by atoms with Gasteiger partial charge in [0.25, 0.3) is 0 Å². The molecule has 2 heterocycles. The molecule has 0 amide bonds. The molecule has 0 saturated heterocycles. The molecule has 1 aliphatic carbocycles. The molecule has 2 N–H and O–H groups in total. The van der Waals surface area contributed by atoms with Gasteiger partial charge in [0.2, 0.25) is 0 Å². The van der Waals surface area contributed by atoms with Gasteiger partial charge in [0, 0.05) is 34.7 Å². The molecule has 0 spiro atoms. The second kappa shape index (κ2) is 5.28. The van der Waals surface area contributed by atoms with E-state index in [0.29, 0.717) is 6.04 Å². The lowest BCUT2D eigenvalue weighted by Crippen LogP contribution is -2.22. The largest absolute Gasteiger partial charge is 0.361 e. The molecule has 0 bridgehead atoms. The van der Waals surface area contributed by atoms with Crippen molar-refractivity contribution < 1.29 is 0 Å². The number of aromatic amines is 1. The number of benzene rings is 1. The first kappa shape index (κ1) is 13.0. The fourth-order valence-electron chi connectivity index (χ4n) is 2.93. The molecule has 3 aromatic rings. The molecule has 4 heteroatoms. The number of aromatic nitrogens is 2. The van der Waals surface area contributed by atoms with Crippen molar-refractivity contribution in [3.63, 3.8) is 0 Å². The van der Waals surface area contributed by atoms with Gasteiger partial charge in [-0.25, -0.2) is 4.98 Å². The standard InChI is InChI=1S/C17H19N3S/c1-11-9-20-17(21-11)16(12-5-6-12)19-10-13-3-2-4-15-14(13)7-8-18-15/h2-4,7-9,12,16,18-19H,5-6,10H2,1H3. The first-order valence-electron chi connectivity index (χ1n) is 7.52. The highest BCUT2D eigenvalue weighted by Gasteiger charge is 2.33. The van der Waals surface area contributed by atoms with Gasteiger partial charge in [0.15, 0.2) is 0 Å². The summed E-state index contributed by atoms with van der Waals surface area (Å²) in [5.74, 6) is 0.765. The summed E-state index contributed by atoms with van der Waals surface area (Å²) in [7, 11) is 0. The highest BCUT2D eigenvalue weighted by Crippen LogP contribution is 2.42. The minimum Gasteiger partial charge on any atom is -0.361 e. The van der Waals surface area contributed by atoms with E-state index in [1.54, 1.807) is 0 Å². The molecule has 1 aromatic carbocycles. The Labute approximate surface area is 128 Å². The maximum absolute atomic E-state index is 4.59. The quantitative estimate of drug-likeness (QED) is 0.742. The third-order valence-corrected chi connectivity index (χ3v) is 5.19. The normalized spacial score (nSPS) is 16.4. The SMILES string of the molecule is Cc1cnc(C(NCc2cccc3[nH]ccc23)C2CC2)s1. The molecular weight excluding hydrogens is 278 g/mol. The number of nitrogens with one attached hydrogen (secondary N) is 2. The lowest BCUT2D eigenvalue weighted by molar-refractivity contribution is 0.479. The number of thiazole rings is 1. The van der Waals surface area contributed by atoms with Gasteiger partial charge in [-0.3, -0.25) is 0 Å². The highest BCUT2D eigenvalue weighted by atomic mass is 32.1. The van der Waals surface area contributed by atoms with E-state index in [1.165, 1.54) is 39.2 Å². The molecule has 108 valence electrons. The van der Waals surface area contributed by atoms with Crippen molar-refractivity contribution in [1.29, 1.82) is 0 Å². The van der Waals surface area contributed by atoms with Crippen LogP contribution in [-0.4, -0.2) is 9.97 Å². The summed E-state index contributed by atoms with van der Waals surface area (Å²) >= 11 is 1.82. The van der Waals surface area contributed by atoms with Crippen LogP contribution in [0.15, 0.2) is 36.7 Å². The van der Waals surface area contributed by atoms with Gasteiger partial charge in [0.1, 0.15) is 5.01 Å². The van der Waals surface area contributed by atoms with Crippen LogP contribution < -0.4 is 5.32 Å². The molecule has 21 heavy (non-hydrogen) atoms. The van der Waals surface area contributed by atoms with E-state index in [-0.39, 0.29) is 0 Å². The van der Waals surface area contributed by atoms with E-state index in [9.17, 15) is 0 Å². The fourth-order valence-corrected chi connectivity index (χ4v) is 3.87. The first-order chi connectivity index (χ1) is 10.3. The predicted molar refractivity (Wildman–Crippen MR) is 87.5 cm³/mol. The van der Waals surface area contributed by atoms with Crippen molar-refractivity contribution in [2.75, 3.05) is 0 Å². The summed E-state index contributed by atoms with van der Waals surface area (Å²) < 4.78 is 0. The Balaban J connectivity index is 1.55. The van der Waals surface area contributed by atoms with Crippen LogP contribution in [0.3, 0.4) is 0 Å². The topological polar surface area (TPSA) is 40.7 Å². The van der Waals surface area contributed by atoms with Crippen LogP contribution in [0, 0.1) is 12.8 Å². The minimum atomic E-state index is 0.415. The fraction of sp³-hybridized carbons (Fsp3) is 0.353. The lowest BCUT2D eigenvalue weighted by atomic mass is 10.1. The van der Waals surface area contributed by atoms with E-state index in [1.807, 2.05) is 23.7 Å². The highest BCUT2D eigenvalue weighted by molar-refractivity contribution is 7.11. The van der Waals surface area contributed by atoms with Crippen molar-refractivity contribution in [1.82, 2.24) is 15.3 Å². The summed E-state index contributed by atoms with van der Waals surface area (Å²) in [6.45, 7) is 3.03. The zero-order valence-corrected chi connectivity index (χ0v) is 12.9. The third-order valence-electron chi connectivity index (χ3n) is 4.20. The Morgan fingerprint density at radius 2 is 2.29 bits per heavy atom. The minimum absolute atomic E-state index is 0.415. The molecule has 4 rings (SSSR count). The van der Waals surface area contributed by atoms with E-state index >= 15 is 0 Å². The van der Waals surface area contributed by atoms with E-state index in [2.05, 4.69) is 46.5 Å². The summed E-state index contributed by atoms with van der Waals surface area (Å²) in [5.41, 5.74) is 2.56. The molecule has 2 aromatic heterocycles. The second-order valence-corrected chi connectivity index (χ2v) is 7.13. The summed E-state index contributed by atoms with van der Waals surface area (Å²) in [4.78, 5) is 9.17. The van der Waals surface area contributed by atoms with Crippen molar-refractivity contribution in [2.24, 2.45) is 5.92 Å². The van der Waals surface area contributed by atoms with Crippen molar-refractivity contribution in [3.05, 3.63) is 52.1 Å². The number of hydrogen-bond acceptors (Lipinski definition) is 3. The molecule has 3 nitrogen and oxygen atoms in total. The van der Waals surface area contributed by atoms with Gasteiger partial charge < -0.3 is 10.3 Å². The maximum Gasteiger partial charge on any atom is 0.110 e. The molecule has 1 fully saturated rings. The van der Waals surface area contributed by atoms with Gasteiger partial charge in [-0.1, -0.05) is 12.1 Å². The Kier molecular flexibility index (Phi) is 3.28. The summed E-state index contributed by atoms with van der Waals surface area (Å²) in [5, 5.41) is 6.30. The zero-order chi connectivity index (χ0) is 14.2. The second-order valence-electron chi connectivity index (χ2n) is 5.86. The number of hydrogen-bond donors (Lipinski definition) is 2. The van der Waals surface area contributed by atoms with Gasteiger partial charge >= 0.3 is 0 Å².